The molecular weight excluding hydrogens is 481 g/mol. The fraction of sp³-hybridized carbons (Fsp3) is 0.316. The van der Waals surface area contributed by atoms with Gasteiger partial charge in [0, 0.05) is 29.4 Å². The van der Waals surface area contributed by atoms with E-state index >= 15 is 0 Å². The van der Waals surface area contributed by atoms with Gasteiger partial charge in [0.15, 0.2) is 0 Å². The zero-order chi connectivity index (χ0) is 19.8. The van der Waals surface area contributed by atoms with Crippen molar-refractivity contribution in [2.75, 3.05) is 12.3 Å². The van der Waals surface area contributed by atoms with Crippen molar-refractivity contribution in [3.05, 3.63) is 63.9 Å². The second-order valence-electron chi connectivity index (χ2n) is 6.13. The number of nitrogens with one attached hydrogen (secondary N) is 1. The van der Waals surface area contributed by atoms with Crippen molar-refractivity contribution in [1.29, 1.82) is 0 Å². The molecule has 0 bridgehead atoms. The van der Waals surface area contributed by atoms with Gasteiger partial charge in [-0.1, -0.05) is 39.8 Å². The molecule has 2 aromatic carbocycles. The average molecular weight is 503 g/mol. The molecule has 0 saturated heterocycles. The molecule has 0 atom stereocenters. The van der Waals surface area contributed by atoms with E-state index in [1.165, 1.54) is 12.1 Å². The van der Waals surface area contributed by atoms with E-state index in [0.717, 1.165) is 45.2 Å². The zero-order valence-corrected chi connectivity index (χ0v) is 19.1. The fourth-order valence-corrected chi connectivity index (χ4v) is 3.69. The number of halogens is 3. The van der Waals surface area contributed by atoms with Crippen LogP contribution >= 0.6 is 40.1 Å². The smallest absolute Gasteiger partial charge is 0.209 e. The third kappa shape index (κ3) is 7.58. The summed E-state index contributed by atoms with van der Waals surface area (Å²) in [5, 5.41) is 15.7. The van der Waals surface area contributed by atoms with E-state index in [1.807, 2.05) is 25.2 Å². The highest BCUT2D eigenvalue weighted by atomic mass is 79.9. The van der Waals surface area contributed by atoms with E-state index < -0.39 is 0 Å². The van der Waals surface area contributed by atoms with Gasteiger partial charge < -0.3 is 10.1 Å². The number of hydrogen-bond acceptors (Lipinski definition) is 6. The molecule has 1 N–H and O–H groups in total. The molecule has 10 heteroatoms. The number of hydrogen-bond donors (Lipinski definition) is 1. The second kappa shape index (κ2) is 12.1. The predicted octanol–water partition coefficient (Wildman–Crippen LogP) is 4.38. The van der Waals surface area contributed by atoms with Crippen LogP contribution in [-0.2, 0) is 20.2 Å². The molecule has 0 saturated carbocycles. The van der Waals surface area contributed by atoms with E-state index in [9.17, 15) is 4.39 Å². The van der Waals surface area contributed by atoms with E-state index in [4.69, 9.17) is 4.74 Å². The number of benzene rings is 2. The molecule has 0 radical (unpaired) electrons. The first-order valence-electron chi connectivity index (χ1n) is 8.83. The number of ether oxygens (including phenoxy) is 1. The molecule has 0 spiro atoms. The van der Waals surface area contributed by atoms with E-state index in [1.54, 1.807) is 28.6 Å². The van der Waals surface area contributed by atoms with Crippen LogP contribution in [0.5, 0.6) is 5.75 Å². The maximum atomic E-state index is 13.0. The third-order valence-corrected chi connectivity index (χ3v) is 5.55. The number of aromatic nitrogens is 4. The van der Waals surface area contributed by atoms with Crippen molar-refractivity contribution in [2.45, 2.75) is 24.7 Å². The van der Waals surface area contributed by atoms with Gasteiger partial charge in [-0.05, 0) is 59.3 Å². The average Bonchev–Trinajstić information content (AvgIpc) is 3.10. The molecular formula is C19H22BrClFN5OS. The van der Waals surface area contributed by atoms with E-state index in [-0.39, 0.29) is 18.2 Å². The van der Waals surface area contributed by atoms with Gasteiger partial charge in [0.1, 0.15) is 18.2 Å². The first-order valence-corrected chi connectivity index (χ1v) is 10.6. The highest BCUT2D eigenvalue weighted by Crippen LogP contribution is 2.24. The Hall–Kier alpha value is -1.68. The molecule has 1 heterocycles. The molecule has 0 aliphatic rings. The molecule has 0 aliphatic carbocycles. The summed E-state index contributed by atoms with van der Waals surface area (Å²) < 4.78 is 21.6. The maximum absolute atomic E-state index is 13.0. The van der Waals surface area contributed by atoms with Gasteiger partial charge in [-0.25, -0.2) is 9.07 Å². The number of rotatable bonds is 10. The molecule has 0 aliphatic heterocycles. The number of tetrazole rings is 1. The van der Waals surface area contributed by atoms with Crippen molar-refractivity contribution in [3.8, 4) is 5.75 Å². The lowest BCUT2D eigenvalue weighted by Crippen LogP contribution is -2.16. The third-order valence-electron chi connectivity index (χ3n) is 3.96. The first kappa shape index (κ1) is 23.6. The van der Waals surface area contributed by atoms with Crippen LogP contribution in [0.3, 0.4) is 0 Å². The molecule has 1 aromatic heterocycles. The fourth-order valence-electron chi connectivity index (χ4n) is 2.50. The Labute approximate surface area is 188 Å². The zero-order valence-electron chi connectivity index (χ0n) is 15.8. The summed E-state index contributed by atoms with van der Waals surface area (Å²) in [5.41, 5.74) is 2.00. The van der Waals surface area contributed by atoms with Crippen LogP contribution in [-0.4, -0.2) is 32.5 Å². The van der Waals surface area contributed by atoms with Crippen LogP contribution in [0.2, 0.25) is 0 Å². The van der Waals surface area contributed by atoms with E-state index in [0.29, 0.717) is 13.2 Å². The standard InChI is InChI=1S/C19H21BrFN5OS.ClH/c1-26-19(23-24-25-26)28-10-2-9-22-12-15-11-16(20)5-8-18(15)27-13-14-3-6-17(21)7-4-14;/h3-8,11,22H,2,9-10,12-13H2,1H3;1H. The Morgan fingerprint density at radius 1 is 1.21 bits per heavy atom. The van der Waals surface area contributed by atoms with Crippen LogP contribution in [0.4, 0.5) is 4.39 Å². The summed E-state index contributed by atoms with van der Waals surface area (Å²) in [6.07, 6.45) is 0.997. The minimum atomic E-state index is -0.245. The summed E-state index contributed by atoms with van der Waals surface area (Å²) in [5.74, 6) is 1.51. The lowest BCUT2D eigenvalue weighted by molar-refractivity contribution is 0.302. The number of aryl methyl sites for hydroxylation is 1. The van der Waals surface area contributed by atoms with Gasteiger partial charge in [-0.3, -0.25) is 0 Å². The van der Waals surface area contributed by atoms with Gasteiger partial charge >= 0.3 is 0 Å². The first-order chi connectivity index (χ1) is 13.6. The molecule has 6 nitrogen and oxygen atoms in total. The highest BCUT2D eigenvalue weighted by molar-refractivity contribution is 9.10. The number of nitrogens with zero attached hydrogens (tertiary/aromatic N) is 4. The topological polar surface area (TPSA) is 64.9 Å². The normalized spacial score (nSPS) is 10.6. The van der Waals surface area contributed by atoms with Gasteiger partial charge in [-0.15, -0.1) is 17.5 Å². The summed E-state index contributed by atoms with van der Waals surface area (Å²) in [7, 11) is 1.83. The Kier molecular flexibility index (Phi) is 9.86. The summed E-state index contributed by atoms with van der Waals surface area (Å²) in [4.78, 5) is 0. The Morgan fingerprint density at radius 2 is 2.00 bits per heavy atom. The number of thioether (sulfide) groups is 1. The van der Waals surface area contributed by atoms with Gasteiger partial charge in [0.25, 0.3) is 0 Å². The van der Waals surface area contributed by atoms with E-state index in [2.05, 4.69) is 36.8 Å². The molecule has 0 amide bonds. The lowest BCUT2D eigenvalue weighted by Gasteiger charge is -2.13. The SMILES string of the molecule is Cl.Cn1nnnc1SCCCNCc1cc(Br)ccc1OCc1ccc(F)cc1. The van der Waals surface area contributed by atoms with Gasteiger partial charge in [0.05, 0.1) is 0 Å². The Balaban J connectivity index is 0.00000300. The molecule has 3 aromatic rings. The van der Waals surface area contributed by atoms with Crippen LogP contribution < -0.4 is 10.1 Å². The summed E-state index contributed by atoms with van der Waals surface area (Å²) in [6, 6.07) is 12.3. The van der Waals surface area contributed by atoms with Crippen molar-refractivity contribution in [2.24, 2.45) is 7.05 Å². The highest BCUT2D eigenvalue weighted by Gasteiger charge is 2.06. The van der Waals surface area contributed by atoms with Crippen LogP contribution in [0.25, 0.3) is 0 Å². The second-order valence-corrected chi connectivity index (χ2v) is 8.11. The Morgan fingerprint density at radius 3 is 2.72 bits per heavy atom. The molecule has 156 valence electrons. The van der Waals surface area contributed by atoms with Crippen LogP contribution in [0.1, 0.15) is 17.5 Å². The molecule has 0 unspecified atom stereocenters. The predicted molar refractivity (Wildman–Crippen MR) is 118 cm³/mol. The van der Waals surface area contributed by atoms with Crippen LogP contribution in [0.15, 0.2) is 52.1 Å². The van der Waals surface area contributed by atoms with Crippen molar-refractivity contribution in [1.82, 2.24) is 25.5 Å². The minimum absolute atomic E-state index is 0. The molecule has 3 rings (SSSR count). The minimum Gasteiger partial charge on any atom is -0.489 e. The molecule has 29 heavy (non-hydrogen) atoms. The summed E-state index contributed by atoms with van der Waals surface area (Å²) >= 11 is 5.15. The Bertz CT molecular complexity index is 897. The maximum Gasteiger partial charge on any atom is 0.209 e. The van der Waals surface area contributed by atoms with Crippen LogP contribution in [0, 0.1) is 5.82 Å². The quantitative estimate of drug-likeness (QED) is 0.328. The van der Waals surface area contributed by atoms with Gasteiger partial charge in [-0.2, -0.15) is 0 Å². The van der Waals surface area contributed by atoms with Crippen molar-refractivity contribution in [3.63, 3.8) is 0 Å². The van der Waals surface area contributed by atoms with Gasteiger partial charge in [0.2, 0.25) is 5.16 Å². The lowest BCUT2D eigenvalue weighted by atomic mass is 10.2. The largest absolute Gasteiger partial charge is 0.489 e. The van der Waals surface area contributed by atoms with Crippen molar-refractivity contribution < 1.29 is 9.13 Å². The van der Waals surface area contributed by atoms with Crippen molar-refractivity contribution >= 4 is 40.1 Å². The monoisotopic (exact) mass is 501 g/mol. The molecule has 0 fully saturated rings. The summed E-state index contributed by atoms with van der Waals surface area (Å²) in [6.45, 7) is 1.98.